The molecule has 3 rings (SSSR count). The number of hydrogen-bond donors (Lipinski definition) is 1. The molecule has 1 fully saturated rings. The van der Waals surface area contributed by atoms with Crippen LogP contribution in [0.15, 0.2) is 36.8 Å². The van der Waals surface area contributed by atoms with E-state index in [-0.39, 0.29) is 36.5 Å². The first kappa shape index (κ1) is 22.4. The predicted molar refractivity (Wildman–Crippen MR) is 105 cm³/mol. The Morgan fingerprint density at radius 1 is 1.23 bits per heavy atom. The van der Waals surface area contributed by atoms with Crippen LogP contribution in [0.3, 0.4) is 0 Å². The molecule has 2 heterocycles. The summed E-state index contributed by atoms with van der Waals surface area (Å²) in [5.74, 6) is 0.323. The third-order valence-electron chi connectivity index (χ3n) is 4.55. The van der Waals surface area contributed by atoms with Crippen LogP contribution in [0.4, 0.5) is 4.39 Å². The number of imidazole rings is 1. The van der Waals surface area contributed by atoms with Gasteiger partial charge in [-0.3, -0.25) is 9.36 Å². The van der Waals surface area contributed by atoms with Gasteiger partial charge in [0, 0.05) is 18.8 Å². The Kier molecular flexibility index (Phi) is 9.05. The molecule has 1 aliphatic heterocycles. The zero-order chi connectivity index (χ0) is 16.9. The topological polar surface area (TPSA) is 50.2 Å². The van der Waals surface area contributed by atoms with E-state index in [1.54, 1.807) is 29.2 Å². The van der Waals surface area contributed by atoms with Crippen LogP contribution in [0.25, 0.3) is 5.69 Å². The van der Waals surface area contributed by atoms with Crippen molar-refractivity contribution >= 4 is 30.7 Å². The van der Waals surface area contributed by atoms with Crippen LogP contribution in [0.5, 0.6) is 0 Å². The first-order valence-electron chi connectivity index (χ1n) is 8.47. The zero-order valence-corrected chi connectivity index (χ0v) is 16.4. The SMILES string of the molecule is CCNCC1CCN(C(=O)c2cncn2-c2ccc(F)cc2)CC1.Cl.Cl. The number of piperidine rings is 1. The third-order valence-corrected chi connectivity index (χ3v) is 4.55. The van der Waals surface area contributed by atoms with Crippen molar-refractivity contribution in [3.63, 3.8) is 0 Å². The van der Waals surface area contributed by atoms with Gasteiger partial charge in [0.1, 0.15) is 11.5 Å². The van der Waals surface area contributed by atoms with Gasteiger partial charge in [0.15, 0.2) is 0 Å². The second-order valence-corrected chi connectivity index (χ2v) is 6.17. The Hall–Kier alpha value is -1.63. The third kappa shape index (κ3) is 5.19. The van der Waals surface area contributed by atoms with Crippen LogP contribution in [0, 0.1) is 11.7 Å². The van der Waals surface area contributed by atoms with E-state index in [1.165, 1.54) is 12.1 Å². The molecule has 0 saturated carbocycles. The second-order valence-electron chi connectivity index (χ2n) is 6.17. The molecule has 0 atom stereocenters. The Labute approximate surface area is 165 Å². The Balaban J connectivity index is 0.00000169. The average molecular weight is 403 g/mol. The smallest absolute Gasteiger partial charge is 0.272 e. The highest BCUT2D eigenvalue weighted by Gasteiger charge is 2.25. The fourth-order valence-corrected chi connectivity index (χ4v) is 3.11. The molecule has 1 N–H and O–H groups in total. The van der Waals surface area contributed by atoms with E-state index in [4.69, 9.17) is 0 Å². The van der Waals surface area contributed by atoms with Crippen LogP contribution in [-0.2, 0) is 0 Å². The normalized spacial score (nSPS) is 14.5. The number of carbonyl (C=O) groups is 1. The van der Waals surface area contributed by atoms with Gasteiger partial charge < -0.3 is 10.2 Å². The number of rotatable bonds is 5. The van der Waals surface area contributed by atoms with E-state index in [1.807, 2.05) is 4.90 Å². The largest absolute Gasteiger partial charge is 0.337 e. The Morgan fingerprint density at radius 3 is 2.50 bits per heavy atom. The number of aromatic nitrogens is 2. The van der Waals surface area contributed by atoms with Crippen molar-refractivity contribution in [3.8, 4) is 5.69 Å². The van der Waals surface area contributed by atoms with Gasteiger partial charge in [-0.15, -0.1) is 24.8 Å². The molecule has 0 spiro atoms. The van der Waals surface area contributed by atoms with Crippen molar-refractivity contribution in [2.24, 2.45) is 5.92 Å². The highest BCUT2D eigenvalue weighted by atomic mass is 35.5. The molecule has 0 bridgehead atoms. The van der Waals surface area contributed by atoms with Gasteiger partial charge >= 0.3 is 0 Å². The summed E-state index contributed by atoms with van der Waals surface area (Å²) in [6.07, 6.45) is 5.21. The summed E-state index contributed by atoms with van der Waals surface area (Å²) in [6.45, 7) is 5.64. The first-order valence-corrected chi connectivity index (χ1v) is 8.47. The van der Waals surface area contributed by atoms with E-state index < -0.39 is 0 Å². The molecular formula is C18H25Cl2FN4O. The van der Waals surface area contributed by atoms with Crippen molar-refractivity contribution in [2.45, 2.75) is 19.8 Å². The summed E-state index contributed by atoms with van der Waals surface area (Å²) in [4.78, 5) is 18.8. The maximum absolute atomic E-state index is 13.1. The van der Waals surface area contributed by atoms with Gasteiger partial charge in [-0.1, -0.05) is 6.92 Å². The monoisotopic (exact) mass is 402 g/mol. The van der Waals surface area contributed by atoms with Crippen LogP contribution in [0.2, 0.25) is 0 Å². The molecule has 0 radical (unpaired) electrons. The number of halogens is 3. The Bertz CT molecular complexity index is 685. The molecule has 5 nitrogen and oxygen atoms in total. The average Bonchev–Trinajstić information content (AvgIpc) is 3.10. The molecule has 1 aliphatic rings. The van der Waals surface area contributed by atoms with Crippen molar-refractivity contribution in [1.82, 2.24) is 19.8 Å². The van der Waals surface area contributed by atoms with Crippen LogP contribution in [0.1, 0.15) is 30.3 Å². The molecule has 0 unspecified atom stereocenters. The molecule has 1 aromatic heterocycles. The molecule has 144 valence electrons. The van der Waals surface area contributed by atoms with Crippen molar-refractivity contribution < 1.29 is 9.18 Å². The minimum absolute atomic E-state index is 0. The lowest BCUT2D eigenvalue weighted by atomic mass is 9.96. The number of nitrogens with zero attached hydrogens (tertiary/aromatic N) is 3. The zero-order valence-electron chi connectivity index (χ0n) is 14.7. The van der Waals surface area contributed by atoms with Crippen LogP contribution < -0.4 is 5.32 Å². The highest BCUT2D eigenvalue weighted by Crippen LogP contribution is 2.20. The number of amides is 1. The van der Waals surface area contributed by atoms with Gasteiger partial charge in [0.25, 0.3) is 5.91 Å². The lowest BCUT2D eigenvalue weighted by molar-refractivity contribution is 0.0682. The van der Waals surface area contributed by atoms with Crippen LogP contribution >= 0.6 is 24.8 Å². The summed E-state index contributed by atoms with van der Waals surface area (Å²) >= 11 is 0. The lowest BCUT2D eigenvalue weighted by Gasteiger charge is -2.32. The molecule has 1 saturated heterocycles. The molecule has 26 heavy (non-hydrogen) atoms. The fourth-order valence-electron chi connectivity index (χ4n) is 3.11. The summed E-state index contributed by atoms with van der Waals surface area (Å²) in [5.41, 5.74) is 1.26. The highest BCUT2D eigenvalue weighted by molar-refractivity contribution is 5.93. The molecule has 0 aliphatic carbocycles. The van der Waals surface area contributed by atoms with Crippen molar-refractivity contribution in [2.75, 3.05) is 26.2 Å². The van der Waals surface area contributed by atoms with Gasteiger partial charge in [-0.2, -0.15) is 0 Å². The van der Waals surface area contributed by atoms with Gasteiger partial charge in [-0.05, 0) is 56.1 Å². The van der Waals surface area contributed by atoms with Crippen molar-refractivity contribution in [3.05, 3.63) is 48.3 Å². The van der Waals surface area contributed by atoms with E-state index in [2.05, 4.69) is 17.2 Å². The van der Waals surface area contributed by atoms with Crippen LogP contribution in [-0.4, -0.2) is 46.5 Å². The first-order chi connectivity index (χ1) is 11.7. The predicted octanol–water partition coefficient (Wildman–Crippen LogP) is 3.32. The molecule has 2 aromatic rings. The molecule has 1 aromatic carbocycles. The minimum Gasteiger partial charge on any atom is -0.337 e. The van der Waals surface area contributed by atoms with E-state index >= 15 is 0 Å². The van der Waals surface area contributed by atoms with E-state index in [9.17, 15) is 9.18 Å². The number of likely N-dealkylation sites (tertiary alicyclic amines) is 1. The van der Waals surface area contributed by atoms with Crippen molar-refractivity contribution in [1.29, 1.82) is 0 Å². The minimum atomic E-state index is -0.297. The quantitative estimate of drug-likeness (QED) is 0.834. The number of nitrogens with one attached hydrogen (secondary N) is 1. The molecule has 1 amide bonds. The fraction of sp³-hybridized carbons (Fsp3) is 0.444. The summed E-state index contributed by atoms with van der Waals surface area (Å²) in [7, 11) is 0. The standard InChI is InChI=1S/C18H23FN4O.2ClH/c1-2-20-11-14-7-9-22(10-8-14)18(24)17-12-21-13-23(17)16-5-3-15(19)4-6-16;;/h3-6,12-14,20H,2,7-11H2,1H3;2*1H. The second kappa shape index (κ2) is 10.5. The molecule has 8 heteroatoms. The summed E-state index contributed by atoms with van der Waals surface area (Å²) in [6, 6.07) is 6.07. The lowest BCUT2D eigenvalue weighted by Crippen LogP contribution is -2.41. The number of carbonyl (C=O) groups excluding carboxylic acids is 1. The summed E-state index contributed by atoms with van der Waals surface area (Å²) in [5, 5.41) is 3.38. The Morgan fingerprint density at radius 2 is 1.88 bits per heavy atom. The molecular weight excluding hydrogens is 378 g/mol. The number of hydrogen-bond acceptors (Lipinski definition) is 3. The maximum Gasteiger partial charge on any atom is 0.272 e. The van der Waals surface area contributed by atoms with Gasteiger partial charge in [-0.25, -0.2) is 9.37 Å². The van der Waals surface area contributed by atoms with E-state index in [0.29, 0.717) is 11.6 Å². The summed E-state index contributed by atoms with van der Waals surface area (Å²) < 4.78 is 14.8. The van der Waals surface area contributed by atoms with E-state index in [0.717, 1.165) is 44.7 Å². The van der Waals surface area contributed by atoms with Gasteiger partial charge in [0.2, 0.25) is 0 Å². The van der Waals surface area contributed by atoms with Gasteiger partial charge in [0.05, 0.1) is 12.5 Å². The number of benzene rings is 1. The maximum atomic E-state index is 13.1.